The van der Waals surface area contributed by atoms with Gasteiger partial charge in [0.25, 0.3) is 21.9 Å². The van der Waals surface area contributed by atoms with Crippen LogP contribution in [0.25, 0.3) is 10.8 Å². The molecule has 2 amide bonds. The van der Waals surface area contributed by atoms with Gasteiger partial charge in [-0.3, -0.25) is 14.1 Å². The van der Waals surface area contributed by atoms with Gasteiger partial charge in [-0.15, -0.1) is 0 Å². The number of hydrogen-bond acceptors (Lipinski definition) is 5. The molecule has 0 aliphatic carbocycles. The molecule has 0 fully saturated rings. The van der Waals surface area contributed by atoms with E-state index >= 15 is 0 Å². The largest absolute Gasteiger partial charge is 1.00 e. The van der Waals surface area contributed by atoms with Crippen LogP contribution in [0, 0.1) is 0 Å². The summed E-state index contributed by atoms with van der Waals surface area (Å²) >= 11 is 0. The summed E-state index contributed by atoms with van der Waals surface area (Å²) < 4.78 is 32.0. The molecule has 0 saturated heterocycles. The van der Waals surface area contributed by atoms with E-state index in [0.29, 0.717) is 33.3 Å². The van der Waals surface area contributed by atoms with E-state index in [-0.39, 0.29) is 41.2 Å². The molecule has 0 aliphatic heterocycles. The second kappa shape index (κ2) is 10.4. The number of benzene rings is 4. The predicted molar refractivity (Wildman–Crippen MR) is 124 cm³/mol. The Morgan fingerprint density at radius 3 is 1.88 bits per heavy atom. The van der Waals surface area contributed by atoms with Crippen LogP contribution in [0.1, 0.15) is 20.7 Å². The normalized spacial score (nSPS) is 10.9. The van der Waals surface area contributed by atoms with Crippen molar-refractivity contribution in [2.45, 2.75) is 4.90 Å². The average Bonchev–Trinajstić information content (AvgIpc) is 2.79. The molecule has 34 heavy (non-hydrogen) atoms. The van der Waals surface area contributed by atoms with Crippen molar-refractivity contribution in [2.75, 3.05) is 10.6 Å². The number of carbonyl (C=O) groups is 2. The Balaban J connectivity index is 0.00000324. The fourth-order valence-corrected chi connectivity index (χ4v) is 3.79. The molecule has 4 aromatic rings. The smallest absolute Gasteiger partial charge is 0.507 e. The topological polar surface area (TPSA) is 133 Å². The number of nitrogens with one attached hydrogen (secondary N) is 2. The summed E-state index contributed by atoms with van der Waals surface area (Å²) in [5, 5.41) is 16.2. The van der Waals surface area contributed by atoms with E-state index in [1.54, 1.807) is 54.6 Å². The van der Waals surface area contributed by atoms with E-state index in [9.17, 15) is 27.7 Å². The maximum atomic E-state index is 12.6. The zero-order valence-corrected chi connectivity index (χ0v) is 20.8. The van der Waals surface area contributed by atoms with Gasteiger partial charge in [0.1, 0.15) is 5.75 Å². The van der Waals surface area contributed by atoms with E-state index in [1.807, 2.05) is 6.07 Å². The second-order valence-electron chi connectivity index (χ2n) is 7.21. The third kappa shape index (κ3) is 5.82. The first kappa shape index (κ1) is 25.4. The Hall–Kier alpha value is -3.21. The maximum absolute atomic E-state index is 12.6. The summed E-state index contributed by atoms with van der Waals surface area (Å²) in [5.41, 5.74) is 1.74. The number of fused-ring (bicyclic) bond motifs is 1. The summed E-state index contributed by atoms with van der Waals surface area (Å²) in [7, 11) is -4.50. The third-order valence-corrected chi connectivity index (χ3v) is 5.73. The zero-order chi connectivity index (χ0) is 23.6. The van der Waals surface area contributed by atoms with Crippen molar-refractivity contribution in [1.29, 1.82) is 0 Å². The molecule has 0 bridgehead atoms. The number of amides is 2. The molecule has 4 N–H and O–H groups in total. The van der Waals surface area contributed by atoms with Crippen LogP contribution in [0.3, 0.4) is 0 Å². The minimum Gasteiger partial charge on any atom is -0.507 e. The molecule has 4 rings (SSSR count). The number of hydrogen-bond donors (Lipinski definition) is 4. The van der Waals surface area contributed by atoms with Gasteiger partial charge in [0.15, 0.2) is 0 Å². The molecule has 0 unspecified atom stereocenters. The number of aromatic hydroxyl groups is 1. The van der Waals surface area contributed by atoms with Gasteiger partial charge in [-0.05, 0) is 66.0 Å². The Kier molecular flexibility index (Phi) is 7.75. The monoisotopic (exact) mass is 485 g/mol. The van der Waals surface area contributed by atoms with Crippen LogP contribution in [0.15, 0.2) is 89.8 Å². The number of carbonyl (C=O) groups excluding carboxylic acids is 2. The van der Waals surface area contributed by atoms with Gasteiger partial charge in [0.05, 0.1) is 4.90 Å². The van der Waals surface area contributed by atoms with Gasteiger partial charge >= 0.3 is 29.6 Å². The summed E-state index contributed by atoms with van der Waals surface area (Å²) in [6, 6.07) is 21.8. The fourth-order valence-electron chi connectivity index (χ4n) is 3.25. The van der Waals surface area contributed by atoms with Crippen molar-refractivity contribution in [3.63, 3.8) is 0 Å². The first-order valence-corrected chi connectivity index (χ1v) is 11.2. The van der Waals surface area contributed by atoms with Gasteiger partial charge < -0.3 is 15.7 Å². The van der Waals surface area contributed by atoms with E-state index < -0.39 is 20.9 Å². The SMILES string of the molecule is O=C(Nc1ccc(C(=O)Nc2ccc3c(O)cc(S(=O)(=O)O)cc3c2)cc1)c1ccccc1.[Na+]. The van der Waals surface area contributed by atoms with Gasteiger partial charge in [0, 0.05) is 34.0 Å². The van der Waals surface area contributed by atoms with Crippen LogP contribution in [0.5, 0.6) is 5.75 Å². The van der Waals surface area contributed by atoms with Gasteiger partial charge in [-0.2, -0.15) is 8.42 Å². The standard InChI is InChI=1S/C24H18N2O6S.Na/c27-22-14-20(33(30,31)32)13-17-12-19(10-11-21(17)22)26-24(29)16-6-8-18(9-7-16)25-23(28)15-4-2-1-3-5-15;/h1-14,27H,(H,25,28)(H,26,29)(H,30,31,32);/q;+1. The van der Waals surface area contributed by atoms with Crippen molar-refractivity contribution in [3.8, 4) is 5.75 Å². The van der Waals surface area contributed by atoms with E-state index in [2.05, 4.69) is 10.6 Å². The summed E-state index contributed by atoms with van der Waals surface area (Å²) in [4.78, 5) is 24.4. The van der Waals surface area contributed by atoms with Gasteiger partial charge in [-0.25, -0.2) is 0 Å². The quantitative estimate of drug-likeness (QED) is 0.249. The Bertz CT molecular complexity index is 1470. The minimum atomic E-state index is -4.50. The first-order valence-electron chi connectivity index (χ1n) is 9.73. The third-order valence-electron chi connectivity index (χ3n) is 4.90. The molecule has 166 valence electrons. The van der Waals surface area contributed by atoms with Crippen LogP contribution < -0.4 is 40.2 Å². The number of anilines is 2. The minimum absolute atomic E-state index is 0. The summed E-state index contributed by atoms with van der Waals surface area (Å²) in [6.45, 7) is 0. The van der Waals surface area contributed by atoms with Crippen LogP contribution in [-0.4, -0.2) is 29.9 Å². The molecule has 0 radical (unpaired) electrons. The molecule has 0 aliphatic rings. The molecular weight excluding hydrogens is 467 g/mol. The van der Waals surface area contributed by atoms with E-state index in [1.165, 1.54) is 18.2 Å². The van der Waals surface area contributed by atoms with Gasteiger partial charge in [0.2, 0.25) is 0 Å². The maximum Gasteiger partial charge on any atom is 1.00 e. The van der Waals surface area contributed by atoms with Crippen LogP contribution in [0.2, 0.25) is 0 Å². The first-order chi connectivity index (χ1) is 15.7. The molecule has 0 saturated carbocycles. The zero-order valence-electron chi connectivity index (χ0n) is 18.0. The van der Waals surface area contributed by atoms with Crippen LogP contribution in [-0.2, 0) is 10.1 Å². The van der Waals surface area contributed by atoms with Crippen molar-refractivity contribution in [2.24, 2.45) is 0 Å². The average molecular weight is 485 g/mol. The van der Waals surface area contributed by atoms with Crippen LogP contribution >= 0.6 is 0 Å². The van der Waals surface area contributed by atoms with E-state index in [4.69, 9.17) is 0 Å². The molecule has 4 aromatic carbocycles. The second-order valence-corrected chi connectivity index (χ2v) is 8.63. The predicted octanol–water partition coefficient (Wildman–Crippen LogP) is 1.30. The molecule has 0 aromatic heterocycles. The molecule has 8 nitrogen and oxygen atoms in total. The van der Waals surface area contributed by atoms with Crippen molar-refractivity contribution in [1.82, 2.24) is 0 Å². The Morgan fingerprint density at radius 2 is 1.26 bits per heavy atom. The molecule has 0 atom stereocenters. The van der Waals surface area contributed by atoms with Crippen molar-refractivity contribution < 1.29 is 57.2 Å². The molecule has 0 spiro atoms. The molecule has 10 heteroatoms. The van der Waals surface area contributed by atoms with Crippen molar-refractivity contribution in [3.05, 3.63) is 96.1 Å². The molecular formula is C24H18N2NaO6S+. The van der Waals surface area contributed by atoms with E-state index in [0.717, 1.165) is 6.07 Å². The van der Waals surface area contributed by atoms with Crippen LogP contribution in [0.4, 0.5) is 11.4 Å². The molecule has 0 heterocycles. The Morgan fingerprint density at radius 1 is 0.706 bits per heavy atom. The fraction of sp³-hybridized carbons (Fsp3) is 0. The Labute approximate surface area is 217 Å². The van der Waals surface area contributed by atoms with Gasteiger partial charge in [-0.1, -0.05) is 18.2 Å². The summed E-state index contributed by atoms with van der Waals surface area (Å²) in [6.07, 6.45) is 0. The summed E-state index contributed by atoms with van der Waals surface area (Å²) in [5.74, 6) is -1.01. The number of rotatable bonds is 5. The number of phenols is 1. The number of phenolic OH excluding ortho intramolecular Hbond substituents is 1. The van der Waals surface area contributed by atoms with Crippen molar-refractivity contribution >= 4 is 44.1 Å².